The van der Waals surface area contributed by atoms with Crippen molar-refractivity contribution in [3.05, 3.63) is 0 Å². The Balaban J connectivity index is 2.06. The molecule has 1 saturated carbocycles. The number of hydrogen-bond acceptors (Lipinski definition) is 2. The summed E-state index contributed by atoms with van der Waals surface area (Å²) >= 11 is 0. The highest BCUT2D eigenvalue weighted by atomic mass is 16.3. The Hall–Kier alpha value is -0.570. The van der Waals surface area contributed by atoms with E-state index in [-0.39, 0.29) is 11.4 Å². The molecule has 2 rings (SSSR count). The first-order valence-corrected chi connectivity index (χ1v) is 5.19. The summed E-state index contributed by atoms with van der Waals surface area (Å²) in [6.45, 7) is 0. The van der Waals surface area contributed by atoms with Crippen LogP contribution < -0.4 is 5.32 Å². The third kappa shape index (κ3) is 1.85. The summed E-state index contributed by atoms with van der Waals surface area (Å²) in [6, 6.07) is 0. The van der Waals surface area contributed by atoms with Gasteiger partial charge in [0.05, 0.1) is 12.5 Å². The van der Waals surface area contributed by atoms with Crippen molar-refractivity contribution in [2.75, 3.05) is 0 Å². The van der Waals surface area contributed by atoms with Crippen LogP contribution in [-0.2, 0) is 4.79 Å². The van der Waals surface area contributed by atoms with Crippen molar-refractivity contribution >= 4 is 5.91 Å². The fourth-order valence-electron chi connectivity index (χ4n) is 2.69. The largest absolute Gasteiger partial charge is 0.393 e. The second-order valence-electron chi connectivity index (χ2n) is 4.45. The molecule has 0 aromatic heterocycles. The van der Waals surface area contributed by atoms with Crippen LogP contribution in [0.25, 0.3) is 0 Å². The average Bonchev–Trinajstić information content (AvgIpc) is 2.02. The van der Waals surface area contributed by atoms with Gasteiger partial charge < -0.3 is 10.4 Å². The molecule has 2 aliphatic rings. The highest BCUT2D eigenvalue weighted by Gasteiger charge is 2.39. The van der Waals surface area contributed by atoms with Crippen LogP contribution in [0.15, 0.2) is 0 Å². The van der Waals surface area contributed by atoms with E-state index >= 15 is 0 Å². The summed E-state index contributed by atoms with van der Waals surface area (Å²) in [5, 5.41) is 12.6. The molecule has 0 radical (unpaired) electrons. The van der Waals surface area contributed by atoms with Crippen LogP contribution in [0.3, 0.4) is 0 Å². The molecule has 0 aromatic carbocycles. The monoisotopic (exact) mass is 183 g/mol. The molecular formula is C10H17NO2. The van der Waals surface area contributed by atoms with Crippen molar-refractivity contribution in [3.63, 3.8) is 0 Å². The molecule has 3 nitrogen and oxygen atoms in total. The summed E-state index contributed by atoms with van der Waals surface area (Å²) in [7, 11) is 0. The zero-order valence-corrected chi connectivity index (χ0v) is 7.88. The Bertz CT molecular complexity index is 209. The van der Waals surface area contributed by atoms with Gasteiger partial charge >= 0.3 is 0 Å². The minimum atomic E-state index is -0.410. The van der Waals surface area contributed by atoms with Gasteiger partial charge in [0.25, 0.3) is 0 Å². The van der Waals surface area contributed by atoms with Crippen molar-refractivity contribution in [2.24, 2.45) is 0 Å². The van der Waals surface area contributed by atoms with E-state index in [1.54, 1.807) is 0 Å². The van der Waals surface area contributed by atoms with Gasteiger partial charge in [0, 0.05) is 5.54 Å². The van der Waals surface area contributed by atoms with Gasteiger partial charge in [-0.25, -0.2) is 0 Å². The lowest BCUT2D eigenvalue weighted by Crippen LogP contribution is -2.56. The Morgan fingerprint density at radius 3 is 2.62 bits per heavy atom. The molecule has 2 fully saturated rings. The van der Waals surface area contributed by atoms with E-state index in [4.69, 9.17) is 0 Å². The zero-order chi connectivity index (χ0) is 9.31. The second kappa shape index (κ2) is 3.29. The lowest BCUT2D eigenvalue weighted by atomic mass is 9.75. The molecule has 2 N–H and O–H groups in total. The normalized spacial score (nSPS) is 33.0. The summed E-state index contributed by atoms with van der Waals surface area (Å²) in [6.07, 6.45) is 6.40. The lowest BCUT2D eigenvalue weighted by Gasteiger charge is -2.42. The van der Waals surface area contributed by atoms with Crippen molar-refractivity contribution in [3.8, 4) is 0 Å². The number of hydrogen-bond donors (Lipinski definition) is 2. The van der Waals surface area contributed by atoms with Gasteiger partial charge in [0.15, 0.2) is 0 Å². The molecule has 1 aliphatic carbocycles. The summed E-state index contributed by atoms with van der Waals surface area (Å²) in [5.74, 6) is 0.0284. The number of nitrogens with one attached hydrogen (secondary N) is 1. The van der Waals surface area contributed by atoms with Gasteiger partial charge in [-0.15, -0.1) is 0 Å². The van der Waals surface area contributed by atoms with E-state index in [1.807, 2.05) is 0 Å². The number of carbonyl (C=O) groups excluding carboxylic acids is 1. The Kier molecular flexibility index (Phi) is 2.28. The van der Waals surface area contributed by atoms with Gasteiger partial charge in [0.1, 0.15) is 0 Å². The maximum atomic E-state index is 11.3. The number of rotatable bonds is 0. The minimum absolute atomic E-state index is 0.0284. The maximum absolute atomic E-state index is 11.3. The Labute approximate surface area is 78.5 Å². The number of aliphatic hydroxyl groups is 1. The van der Waals surface area contributed by atoms with Gasteiger partial charge in [0.2, 0.25) is 5.91 Å². The number of amides is 1. The summed E-state index contributed by atoms with van der Waals surface area (Å²) < 4.78 is 0. The topological polar surface area (TPSA) is 49.3 Å². The van der Waals surface area contributed by atoms with E-state index in [0.717, 1.165) is 19.3 Å². The third-order valence-electron chi connectivity index (χ3n) is 3.26. The predicted octanol–water partition coefficient (Wildman–Crippen LogP) is 0.960. The highest BCUT2D eigenvalue weighted by Crippen LogP contribution is 2.34. The van der Waals surface area contributed by atoms with Gasteiger partial charge in [-0.05, 0) is 19.3 Å². The van der Waals surface area contributed by atoms with Crippen molar-refractivity contribution in [1.29, 1.82) is 0 Å². The van der Waals surface area contributed by atoms with Crippen LogP contribution in [0.5, 0.6) is 0 Å². The highest BCUT2D eigenvalue weighted by molar-refractivity contribution is 5.78. The molecule has 1 atom stereocenters. The van der Waals surface area contributed by atoms with Crippen LogP contribution in [0.2, 0.25) is 0 Å². The first kappa shape index (κ1) is 9.00. The summed E-state index contributed by atoms with van der Waals surface area (Å²) in [4.78, 5) is 11.3. The van der Waals surface area contributed by atoms with Gasteiger partial charge in [-0.2, -0.15) is 0 Å². The number of aliphatic hydroxyl groups excluding tert-OH is 1. The van der Waals surface area contributed by atoms with Gasteiger partial charge in [-0.3, -0.25) is 4.79 Å². The van der Waals surface area contributed by atoms with Crippen LogP contribution in [0.1, 0.15) is 44.9 Å². The van der Waals surface area contributed by atoms with E-state index in [2.05, 4.69) is 5.32 Å². The zero-order valence-electron chi connectivity index (χ0n) is 7.88. The molecule has 0 aromatic rings. The molecule has 3 heteroatoms. The molecule has 1 heterocycles. The van der Waals surface area contributed by atoms with Gasteiger partial charge in [-0.1, -0.05) is 19.3 Å². The fraction of sp³-hybridized carbons (Fsp3) is 0.900. The standard InChI is InChI=1S/C10H17NO2/c12-8-6-9(13)11-10(7-8)4-2-1-3-5-10/h8,12H,1-7H2,(H,11,13)/t8-/m1/s1. The second-order valence-corrected chi connectivity index (χ2v) is 4.45. The van der Waals surface area contributed by atoms with E-state index in [9.17, 15) is 9.90 Å². The lowest BCUT2D eigenvalue weighted by molar-refractivity contribution is -0.129. The quantitative estimate of drug-likeness (QED) is 0.587. The SMILES string of the molecule is O=C1C[C@@H](O)CC2(CCCCC2)N1. The molecule has 0 bridgehead atoms. The minimum Gasteiger partial charge on any atom is -0.393 e. The molecule has 1 spiro atoms. The van der Waals surface area contributed by atoms with Crippen LogP contribution in [0.4, 0.5) is 0 Å². The summed E-state index contributed by atoms with van der Waals surface area (Å²) in [5.41, 5.74) is -0.0486. The Morgan fingerprint density at radius 1 is 1.31 bits per heavy atom. The molecule has 0 unspecified atom stereocenters. The average molecular weight is 183 g/mol. The van der Waals surface area contributed by atoms with Crippen LogP contribution in [0, 0.1) is 0 Å². The first-order valence-electron chi connectivity index (χ1n) is 5.19. The third-order valence-corrected chi connectivity index (χ3v) is 3.26. The molecule has 74 valence electrons. The number of carbonyl (C=O) groups is 1. The smallest absolute Gasteiger partial charge is 0.223 e. The first-order chi connectivity index (χ1) is 6.20. The predicted molar refractivity (Wildman–Crippen MR) is 49.2 cm³/mol. The van der Waals surface area contributed by atoms with E-state index in [0.29, 0.717) is 6.42 Å². The molecule has 1 amide bonds. The van der Waals surface area contributed by atoms with Crippen molar-refractivity contribution < 1.29 is 9.90 Å². The molecule has 1 saturated heterocycles. The van der Waals surface area contributed by atoms with Crippen molar-refractivity contribution in [1.82, 2.24) is 5.32 Å². The van der Waals surface area contributed by atoms with E-state index in [1.165, 1.54) is 19.3 Å². The van der Waals surface area contributed by atoms with Crippen LogP contribution in [-0.4, -0.2) is 22.7 Å². The molecule has 13 heavy (non-hydrogen) atoms. The fourth-order valence-corrected chi connectivity index (χ4v) is 2.69. The van der Waals surface area contributed by atoms with Crippen LogP contribution >= 0.6 is 0 Å². The van der Waals surface area contributed by atoms with Crippen molar-refractivity contribution in [2.45, 2.75) is 56.6 Å². The Morgan fingerprint density at radius 2 is 2.00 bits per heavy atom. The van der Waals surface area contributed by atoms with E-state index < -0.39 is 6.10 Å². The maximum Gasteiger partial charge on any atom is 0.223 e. The number of piperidine rings is 1. The molecular weight excluding hydrogens is 166 g/mol. The molecule has 1 aliphatic heterocycles.